The van der Waals surface area contributed by atoms with Gasteiger partial charge in [-0.25, -0.2) is 23.0 Å². The lowest BCUT2D eigenvalue weighted by Gasteiger charge is -2.28. The molecule has 1 fully saturated rings. The Morgan fingerprint density at radius 1 is 1.06 bits per heavy atom. The summed E-state index contributed by atoms with van der Waals surface area (Å²) in [6.07, 6.45) is 7.72. The van der Waals surface area contributed by atoms with E-state index in [1.807, 2.05) is 0 Å². The standard InChI is InChI=1S/C23H26F2N4O3S/c1-31-16-5-7-17(8-6-16)32-21-10-14(24)4-9-19(21)28-23-22-18(25)11-15(29-33(2,3)30)12-20(22)26-13-27-23/h4,9-13,16-17H,5-8H2,1-3H3,(H,26,27,28). The number of hydrogen-bond donors (Lipinski definition) is 1. The van der Waals surface area contributed by atoms with Gasteiger partial charge in [0.25, 0.3) is 0 Å². The number of benzene rings is 2. The van der Waals surface area contributed by atoms with Gasteiger partial charge in [-0.1, -0.05) is 0 Å². The summed E-state index contributed by atoms with van der Waals surface area (Å²) in [5, 5.41) is 3.21. The van der Waals surface area contributed by atoms with E-state index in [1.165, 1.54) is 43.1 Å². The number of nitrogens with one attached hydrogen (secondary N) is 1. The molecule has 1 aliphatic carbocycles. The van der Waals surface area contributed by atoms with Crippen LogP contribution in [-0.2, 0) is 14.5 Å². The van der Waals surface area contributed by atoms with Gasteiger partial charge in [0.2, 0.25) is 0 Å². The molecule has 0 radical (unpaired) electrons. The number of ether oxygens (including phenoxy) is 2. The van der Waals surface area contributed by atoms with Crippen molar-refractivity contribution in [2.75, 3.05) is 24.9 Å². The third-order valence-corrected chi connectivity index (χ3v) is 6.10. The Morgan fingerprint density at radius 2 is 1.79 bits per heavy atom. The minimum absolute atomic E-state index is 0.0697. The van der Waals surface area contributed by atoms with Crippen LogP contribution in [0.5, 0.6) is 5.75 Å². The maximum absolute atomic E-state index is 15.0. The predicted molar refractivity (Wildman–Crippen MR) is 125 cm³/mol. The summed E-state index contributed by atoms with van der Waals surface area (Å²) in [7, 11) is -0.761. The molecule has 0 amide bonds. The molecule has 0 spiro atoms. The van der Waals surface area contributed by atoms with Crippen LogP contribution in [0.15, 0.2) is 41.0 Å². The van der Waals surface area contributed by atoms with E-state index in [2.05, 4.69) is 19.6 Å². The Hall–Kier alpha value is -2.85. The predicted octanol–water partition coefficient (Wildman–Crippen LogP) is 5.35. The molecule has 3 aromatic rings. The molecule has 1 aromatic heterocycles. The number of halogens is 2. The normalized spacial score (nSPS) is 18.8. The van der Waals surface area contributed by atoms with Crippen molar-refractivity contribution < 1.29 is 22.5 Å². The lowest BCUT2D eigenvalue weighted by molar-refractivity contribution is 0.0329. The van der Waals surface area contributed by atoms with Gasteiger partial charge >= 0.3 is 0 Å². The van der Waals surface area contributed by atoms with Crippen molar-refractivity contribution in [2.45, 2.75) is 37.9 Å². The van der Waals surface area contributed by atoms with Gasteiger partial charge in [0.15, 0.2) is 0 Å². The molecule has 1 saturated carbocycles. The molecule has 1 aliphatic rings. The monoisotopic (exact) mass is 476 g/mol. The fraction of sp³-hybridized carbons (Fsp3) is 0.391. The lowest BCUT2D eigenvalue weighted by atomic mass is 9.95. The zero-order valence-electron chi connectivity index (χ0n) is 18.7. The van der Waals surface area contributed by atoms with Gasteiger partial charge in [-0.3, -0.25) is 0 Å². The first-order chi connectivity index (χ1) is 15.7. The second-order valence-corrected chi connectivity index (χ2v) is 10.9. The first kappa shape index (κ1) is 23.3. The Labute approximate surface area is 191 Å². The summed E-state index contributed by atoms with van der Waals surface area (Å²) < 4.78 is 56.6. The summed E-state index contributed by atoms with van der Waals surface area (Å²) in [4.78, 5) is 8.32. The van der Waals surface area contributed by atoms with E-state index in [4.69, 9.17) is 9.47 Å². The highest BCUT2D eigenvalue weighted by atomic mass is 32.2. The summed E-state index contributed by atoms with van der Waals surface area (Å²) in [6, 6.07) is 6.88. The molecule has 0 unspecified atom stereocenters. The van der Waals surface area contributed by atoms with Crippen LogP contribution < -0.4 is 10.1 Å². The van der Waals surface area contributed by atoms with Crippen LogP contribution in [0.2, 0.25) is 0 Å². The lowest BCUT2D eigenvalue weighted by Crippen LogP contribution is -2.27. The average Bonchev–Trinajstić information content (AvgIpc) is 2.75. The number of anilines is 2. The van der Waals surface area contributed by atoms with Crippen molar-refractivity contribution in [3.05, 3.63) is 48.3 Å². The first-order valence-corrected chi connectivity index (χ1v) is 12.9. The Bertz CT molecular complexity index is 1280. The Balaban J connectivity index is 1.65. The van der Waals surface area contributed by atoms with Crippen molar-refractivity contribution in [1.82, 2.24) is 9.97 Å². The topological polar surface area (TPSA) is 85.7 Å². The van der Waals surface area contributed by atoms with E-state index in [1.54, 1.807) is 13.2 Å². The summed E-state index contributed by atoms with van der Waals surface area (Å²) in [5.41, 5.74) is 0.998. The van der Waals surface area contributed by atoms with Gasteiger partial charge in [-0.2, -0.15) is 4.36 Å². The van der Waals surface area contributed by atoms with Crippen molar-refractivity contribution in [3.8, 4) is 5.75 Å². The van der Waals surface area contributed by atoms with E-state index < -0.39 is 21.4 Å². The molecule has 33 heavy (non-hydrogen) atoms. The zero-order chi connectivity index (χ0) is 23.6. The maximum atomic E-state index is 15.0. The van der Waals surface area contributed by atoms with Crippen molar-refractivity contribution in [1.29, 1.82) is 0 Å². The molecule has 176 valence electrons. The fourth-order valence-electron chi connectivity index (χ4n) is 3.92. The maximum Gasteiger partial charge on any atom is 0.146 e. The van der Waals surface area contributed by atoms with Crippen molar-refractivity contribution in [3.63, 3.8) is 0 Å². The number of nitrogens with zero attached hydrogens (tertiary/aromatic N) is 3. The van der Waals surface area contributed by atoms with Crippen LogP contribution in [0.3, 0.4) is 0 Å². The van der Waals surface area contributed by atoms with Gasteiger partial charge in [-0.05, 0) is 43.9 Å². The Kier molecular flexibility index (Phi) is 6.76. The molecule has 0 aliphatic heterocycles. The SMILES string of the molecule is COC1CCC(Oc2cc(F)ccc2Nc2ncnc3cc(N=S(C)(C)=O)cc(F)c23)CC1. The van der Waals surface area contributed by atoms with E-state index >= 15 is 4.39 Å². The summed E-state index contributed by atoms with van der Waals surface area (Å²) >= 11 is 0. The molecule has 4 rings (SSSR count). The number of rotatable bonds is 6. The average molecular weight is 477 g/mol. The van der Waals surface area contributed by atoms with Crippen LogP contribution in [-0.4, -0.2) is 46.0 Å². The van der Waals surface area contributed by atoms with Crippen LogP contribution >= 0.6 is 0 Å². The summed E-state index contributed by atoms with van der Waals surface area (Å²) in [5.74, 6) is -0.516. The quantitative estimate of drug-likeness (QED) is 0.516. The van der Waals surface area contributed by atoms with Gasteiger partial charge in [-0.15, -0.1) is 0 Å². The minimum atomic E-state index is -2.46. The molecule has 0 bridgehead atoms. The molecule has 0 atom stereocenters. The third kappa shape index (κ3) is 5.75. The van der Waals surface area contributed by atoms with E-state index in [0.717, 1.165) is 25.7 Å². The fourth-order valence-corrected chi connectivity index (χ4v) is 4.53. The second kappa shape index (κ2) is 9.56. The smallest absolute Gasteiger partial charge is 0.146 e. The summed E-state index contributed by atoms with van der Waals surface area (Å²) in [6.45, 7) is 0. The molecular formula is C23H26F2N4O3S. The zero-order valence-corrected chi connectivity index (χ0v) is 19.5. The van der Waals surface area contributed by atoms with Crippen molar-refractivity contribution >= 4 is 37.8 Å². The van der Waals surface area contributed by atoms with Gasteiger partial charge in [0.1, 0.15) is 29.5 Å². The minimum Gasteiger partial charge on any atom is -0.488 e. The molecule has 1 heterocycles. The molecule has 2 aromatic carbocycles. The number of fused-ring (bicyclic) bond motifs is 1. The van der Waals surface area contributed by atoms with Crippen LogP contribution in [0.4, 0.5) is 26.0 Å². The second-order valence-electron chi connectivity index (χ2n) is 8.33. The molecule has 10 heteroatoms. The molecule has 7 nitrogen and oxygen atoms in total. The first-order valence-electron chi connectivity index (χ1n) is 10.6. The van der Waals surface area contributed by atoms with E-state index in [9.17, 15) is 8.60 Å². The number of methoxy groups -OCH3 is 1. The van der Waals surface area contributed by atoms with E-state index in [0.29, 0.717) is 17.0 Å². The van der Waals surface area contributed by atoms with Crippen molar-refractivity contribution in [2.24, 2.45) is 4.36 Å². The van der Waals surface area contributed by atoms with Crippen LogP contribution in [0, 0.1) is 11.6 Å². The van der Waals surface area contributed by atoms with Gasteiger partial charge in [0.05, 0.1) is 34.5 Å². The number of aromatic nitrogens is 2. The highest BCUT2D eigenvalue weighted by Crippen LogP contribution is 2.35. The molecule has 0 saturated heterocycles. The highest BCUT2D eigenvalue weighted by Gasteiger charge is 2.23. The van der Waals surface area contributed by atoms with E-state index in [-0.39, 0.29) is 29.1 Å². The third-order valence-electron chi connectivity index (χ3n) is 5.44. The van der Waals surface area contributed by atoms with Crippen LogP contribution in [0.25, 0.3) is 10.9 Å². The Morgan fingerprint density at radius 3 is 2.48 bits per heavy atom. The van der Waals surface area contributed by atoms with Crippen LogP contribution in [0.1, 0.15) is 25.7 Å². The van der Waals surface area contributed by atoms with Gasteiger partial charge in [0, 0.05) is 41.5 Å². The highest BCUT2D eigenvalue weighted by molar-refractivity contribution is 7.92. The molecular weight excluding hydrogens is 450 g/mol. The van der Waals surface area contributed by atoms with Gasteiger partial charge < -0.3 is 14.8 Å². The molecule has 1 N–H and O–H groups in total. The number of hydrogen-bond acceptors (Lipinski definition) is 7. The largest absolute Gasteiger partial charge is 0.488 e.